The second-order valence-electron chi connectivity index (χ2n) is 6.59. The maximum Gasteiger partial charge on any atom is 0.216 e. The number of piperidine rings is 1. The Balaban J connectivity index is 1.68. The third-order valence-corrected chi connectivity index (χ3v) is 4.83. The van der Waals surface area contributed by atoms with Crippen LogP contribution < -0.4 is 10.2 Å². The molecule has 1 amide bonds. The summed E-state index contributed by atoms with van der Waals surface area (Å²) in [6, 6.07) is 0. The number of anilines is 1. The summed E-state index contributed by atoms with van der Waals surface area (Å²) in [6.07, 6.45) is 6.98. The molecular weight excluding hydrogens is 276 g/mol. The zero-order valence-corrected chi connectivity index (χ0v) is 13.7. The Morgan fingerprint density at radius 1 is 1.23 bits per heavy atom. The fourth-order valence-corrected chi connectivity index (χ4v) is 3.59. The monoisotopic (exact) mass is 302 g/mol. The van der Waals surface area contributed by atoms with Crippen molar-refractivity contribution in [2.24, 2.45) is 5.92 Å². The zero-order valence-electron chi connectivity index (χ0n) is 13.7. The molecule has 0 spiro atoms. The second kappa shape index (κ2) is 6.63. The van der Waals surface area contributed by atoms with Gasteiger partial charge in [-0.1, -0.05) is 0 Å². The highest BCUT2D eigenvalue weighted by molar-refractivity contribution is 5.72. The van der Waals surface area contributed by atoms with Gasteiger partial charge in [0.1, 0.15) is 11.6 Å². The Kier molecular flexibility index (Phi) is 4.60. The molecule has 1 N–H and O–H groups in total. The molecule has 1 aromatic rings. The molecule has 5 heteroatoms. The summed E-state index contributed by atoms with van der Waals surface area (Å²) in [5.41, 5.74) is 2.66. The van der Waals surface area contributed by atoms with Gasteiger partial charge >= 0.3 is 0 Å². The van der Waals surface area contributed by atoms with Crippen molar-refractivity contribution in [3.8, 4) is 0 Å². The van der Waals surface area contributed by atoms with Gasteiger partial charge < -0.3 is 10.2 Å². The summed E-state index contributed by atoms with van der Waals surface area (Å²) in [5, 5.41) is 2.95. The normalized spacial score (nSPS) is 18.9. The number of aryl methyl sites for hydroxylation is 2. The van der Waals surface area contributed by atoms with Crippen LogP contribution in [0.3, 0.4) is 0 Å². The maximum atomic E-state index is 11.0. The van der Waals surface area contributed by atoms with Crippen molar-refractivity contribution in [1.82, 2.24) is 15.3 Å². The molecule has 5 nitrogen and oxygen atoms in total. The minimum atomic E-state index is 0.0722. The first-order valence-electron chi connectivity index (χ1n) is 8.49. The average Bonchev–Trinajstić information content (AvgIpc) is 2.52. The Morgan fingerprint density at radius 3 is 2.68 bits per heavy atom. The number of hydrogen-bond donors (Lipinski definition) is 1. The predicted molar refractivity (Wildman–Crippen MR) is 87.0 cm³/mol. The van der Waals surface area contributed by atoms with Gasteiger partial charge in [0.15, 0.2) is 0 Å². The van der Waals surface area contributed by atoms with Crippen LogP contribution in [0.5, 0.6) is 0 Å². The summed E-state index contributed by atoms with van der Waals surface area (Å²) < 4.78 is 0. The minimum absolute atomic E-state index is 0.0722. The molecule has 3 rings (SSSR count). The molecule has 1 aliphatic carbocycles. The highest BCUT2D eigenvalue weighted by atomic mass is 16.1. The lowest BCUT2D eigenvalue weighted by Gasteiger charge is -2.35. The molecular formula is C17H26N4O. The standard InChI is InChI=1S/C17H26N4O/c1-12-19-16-6-4-3-5-15(16)17(20-12)21-9-7-14(8-10-21)11-18-13(2)22/h14H,3-11H2,1-2H3,(H,18,22). The van der Waals surface area contributed by atoms with Crippen LogP contribution >= 0.6 is 0 Å². The van der Waals surface area contributed by atoms with Crippen molar-refractivity contribution in [3.05, 3.63) is 17.1 Å². The predicted octanol–water partition coefficient (Wildman–Crippen LogP) is 2.02. The van der Waals surface area contributed by atoms with E-state index in [4.69, 9.17) is 4.98 Å². The van der Waals surface area contributed by atoms with Gasteiger partial charge in [0, 0.05) is 37.8 Å². The van der Waals surface area contributed by atoms with Gasteiger partial charge in [0.25, 0.3) is 0 Å². The number of fused-ring (bicyclic) bond motifs is 1. The third kappa shape index (κ3) is 3.39. The number of carbonyl (C=O) groups excluding carboxylic acids is 1. The number of hydrogen-bond acceptors (Lipinski definition) is 4. The largest absolute Gasteiger partial charge is 0.356 e. The molecule has 120 valence electrons. The quantitative estimate of drug-likeness (QED) is 0.928. The van der Waals surface area contributed by atoms with E-state index in [1.165, 1.54) is 29.9 Å². The van der Waals surface area contributed by atoms with E-state index in [1.54, 1.807) is 6.92 Å². The molecule has 1 aliphatic heterocycles. The Hall–Kier alpha value is -1.65. The van der Waals surface area contributed by atoms with Gasteiger partial charge in [-0.05, 0) is 51.4 Å². The van der Waals surface area contributed by atoms with Crippen molar-refractivity contribution in [1.29, 1.82) is 0 Å². The molecule has 0 radical (unpaired) electrons. The van der Waals surface area contributed by atoms with Gasteiger partial charge in [-0.2, -0.15) is 0 Å². The molecule has 1 saturated heterocycles. The van der Waals surface area contributed by atoms with E-state index in [1.807, 2.05) is 6.92 Å². The molecule has 0 atom stereocenters. The fourth-order valence-electron chi connectivity index (χ4n) is 3.59. The number of nitrogens with zero attached hydrogens (tertiary/aromatic N) is 3. The number of amides is 1. The lowest BCUT2D eigenvalue weighted by molar-refractivity contribution is -0.119. The van der Waals surface area contributed by atoms with Crippen LogP contribution in [0.25, 0.3) is 0 Å². The molecule has 1 aromatic heterocycles. The molecule has 2 aliphatic rings. The van der Waals surface area contributed by atoms with Crippen LogP contribution in [-0.2, 0) is 17.6 Å². The van der Waals surface area contributed by atoms with Crippen molar-refractivity contribution in [2.75, 3.05) is 24.5 Å². The fraction of sp³-hybridized carbons (Fsp3) is 0.706. The Morgan fingerprint density at radius 2 is 1.95 bits per heavy atom. The van der Waals surface area contributed by atoms with E-state index >= 15 is 0 Å². The summed E-state index contributed by atoms with van der Waals surface area (Å²) in [5.74, 6) is 2.75. The van der Waals surface area contributed by atoms with E-state index in [2.05, 4.69) is 15.2 Å². The van der Waals surface area contributed by atoms with Gasteiger partial charge in [-0.15, -0.1) is 0 Å². The average molecular weight is 302 g/mol. The van der Waals surface area contributed by atoms with Crippen molar-refractivity contribution >= 4 is 11.7 Å². The second-order valence-corrected chi connectivity index (χ2v) is 6.59. The van der Waals surface area contributed by atoms with Crippen LogP contribution in [0.2, 0.25) is 0 Å². The van der Waals surface area contributed by atoms with Crippen LogP contribution in [0, 0.1) is 12.8 Å². The third-order valence-electron chi connectivity index (χ3n) is 4.83. The summed E-state index contributed by atoms with van der Waals surface area (Å²) in [7, 11) is 0. The first-order chi connectivity index (χ1) is 10.6. The van der Waals surface area contributed by atoms with Gasteiger partial charge in [-0.3, -0.25) is 4.79 Å². The van der Waals surface area contributed by atoms with E-state index in [9.17, 15) is 4.79 Å². The smallest absolute Gasteiger partial charge is 0.216 e. The molecule has 2 heterocycles. The van der Waals surface area contributed by atoms with E-state index < -0.39 is 0 Å². The van der Waals surface area contributed by atoms with Gasteiger partial charge in [-0.25, -0.2) is 9.97 Å². The molecule has 0 unspecified atom stereocenters. The summed E-state index contributed by atoms with van der Waals surface area (Å²) in [4.78, 5) is 22.9. The highest BCUT2D eigenvalue weighted by Gasteiger charge is 2.25. The molecule has 1 fully saturated rings. The summed E-state index contributed by atoms with van der Waals surface area (Å²) in [6.45, 7) is 6.47. The first kappa shape index (κ1) is 15.3. The van der Waals surface area contributed by atoms with Crippen molar-refractivity contribution < 1.29 is 4.79 Å². The molecule has 22 heavy (non-hydrogen) atoms. The Labute approximate surface area is 132 Å². The van der Waals surface area contributed by atoms with Crippen molar-refractivity contribution in [2.45, 2.75) is 52.4 Å². The van der Waals surface area contributed by atoms with Crippen LogP contribution in [0.1, 0.15) is 49.7 Å². The lowest BCUT2D eigenvalue weighted by atomic mass is 9.93. The van der Waals surface area contributed by atoms with Crippen LogP contribution in [0.15, 0.2) is 0 Å². The maximum absolute atomic E-state index is 11.0. The van der Waals surface area contributed by atoms with Gasteiger partial charge in [0.05, 0.1) is 0 Å². The lowest BCUT2D eigenvalue weighted by Crippen LogP contribution is -2.39. The van der Waals surface area contributed by atoms with E-state index in [0.29, 0.717) is 5.92 Å². The number of carbonyl (C=O) groups is 1. The van der Waals surface area contributed by atoms with Gasteiger partial charge in [0.2, 0.25) is 5.91 Å². The topological polar surface area (TPSA) is 58.1 Å². The first-order valence-corrected chi connectivity index (χ1v) is 8.49. The molecule has 0 saturated carbocycles. The van der Waals surface area contributed by atoms with E-state index in [-0.39, 0.29) is 5.91 Å². The minimum Gasteiger partial charge on any atom is -0.356 e. The molecule has 0 bridgehead atoms. The van der Waals surface area contributed by atoms with Crippen LogP contribution in [-0.4, -0.2) is 35.5 Å². The highest BCUT2D eigenvalue weighted by Crippen LogP contribution is 2.30. The Bertz CT molecular complexity index is 550. The van der Waals surface area contributed by atoms with Crippen molar-refractivity contribution in [3.63, 3.8) is 0 Å². The van der Waals surface area contributed by atoms with Crippen LogP contribution in [0.4, 0.5) is 5.82 Å². The number of nitrogens with one attached hydrogen (secondary N) is 1. The molecule has 0 aromatic carbocycles. The zero-order chi connectivity index (χ0) is 15.5. The SMILES string of the molecule is CC(=O)NCC1CCN(c2nc(C)nc3c2CCCC3)CC1. The van der Waals surface area contributed by atoms with E-state index in [0.717, 1.165) is 51.1 Å². The number of rotatable bonds is 3. The number of aromatic nitrogens is 2. The summed E-state index contributed by atoms with van der Waals surface area (Å²) >= 11 is 0.